The topological polar surface area (TPSA) is 58.9 Å². The second-order valence-corrected chi connectivity index (χ2v) is 13.8. The molecule has 4 nitrogen and oxygen atoms in total. The van der Waals surface area contributed by atoms with Crippen molar-refractivity contribution in [2.45, 2.75) is 116 Å². The van der Waals surface area contributed by atoms with Crippen LogP contribution in [0.5, 0.6) is 0 Å². The zero-order valence-electron chi connectivity index (χ0n) is 21.0. The van der Waals surface area contributed by atoms with Gasteiger partial charge in [0.05, 0.1) is 24.4 Å². The van der Waals surface area contributed by atoms with Crippen molar-refractivity contribution in [2.75, 3.05) is 6.61 Å². The van der Waals surface area contributed by atoms with Gasteiger partial charge >= 0.3 is 0 Å². The van der Waals surface area contributed by atoms with E-state index in [1.54, 1.807) is 0 Å². The van der Waals surface area contributed by atoms with Gasteiger partial charge in [0.2, 0.25) is 0 Å². The molecule has 0 radical (unpaired) electrons. The van der Waals surface area contributed by atoms with E-state index >= 15 is 0 Å². The molecule has 32 heavy (non-hydrogen) atoms. The van der Waals surface area contributed by atoms with E-state index in [9.17, 15) is 10.2 Å². The van der Waals surface area contributed by atoms with Crippen molar-refractivity contribution in [1.82, 2.24) is 0 Å². The summed E-state index contributed by atoms with van der Waals surface area (Å²) < 4.78 is 13.4. The molecule has 0 aromatic heterocycles. The lowest BCUT2D eigenvalue weighted by Gasteiger charge is -2.66. The molecule has 2 N–H and O–H groups in total. The normalized spacial score (nSPS) is 64.0. The van der Waals surface area contributed by atoms with Gasteiger partial charge in [-0.05, 0) is 91.3 Å². The second kappa shape index (κ2) is 6.95. The Bertz CT molecular complexity index is 761. The lowest BCUT2D eigenvalue weighted by atomic mass is 9.41. The number of fused-ring (bicyclic) bond motifs is 7. The molecule has 0 bridgehead atoms. The van der Waals surface area contributed by atoms with E-state index in [1.807, 2.05) is 0 Å². The van der Waals surface area contributed by atoms with Crippen LogP contribution in [-0.4, -0.2) is 40.4 Å². The van der Waals surface area contributed by atoms with E-state index in [-0.39, 0.29) is 23.2 Å². The summed E-state index contributed by atoms with van der Waals surface area (Å²) in [5.74, 6) is 3.56. The average molecular weight is 447 g/mol. The molecule has 0 aromatic rings. The summed E-state index contributed by atoms with van der Waals surface area (Å²) in [7, 11) is 0. The predicted octanol–water partition coefficient (Wildman–Crippen LogP) is 5.15. The minimum atomic E-state index is -0.714. The van der Waals surface area contributed by atoms with Crippen LogP contribution in [0.4, 0.5) is 0 Å². The quantitative estimate of drug-likeness (QED) is 0.540. The molecule has 0 unspecified atom stereocenters. The van der Waals surface area contributed by atoms with Crippen molar-refractivity contribution in [1.29, 1.82) is 0 Å². The number of ether oxygens (including phenoxy) is 2. The van der Waals surface area contributed by atoms with Crippen molar-refractivity contribution < 1.29 is 19.7 Å². The standard InChI is InChI=1S/C28H46O4/c1-16-6-11-28(31-15-16)18(3)24-23(32-28)13-22-20-12-17(2)27(30)14-19(29)7-10-26(27,5)21(20)8-9-25(22,24)4/h16-24,29-30H,6-15H2,1-5H3/t16-,17-,18+,19+,20-,21+,22+,23+,24+,25+,26-,27+,28-/m1/s1. The number of aliphatic hydroxyl groups excluding tert-OH is 1. The fourth-order valence-electron chi connectivity index (χ4n) is 10.7. The first-order chi connectivity index (χ1) is 15.0. The maximum absolute atomic E-state index is 11.9. The molecule has 182 valence electrons. The van der Waals surface area contributed by atoms with Gasteiger partial charge in [0.1, 0.15) is 0 Å². The van der Waals surface area contributed by atoms with Crippen LogP contribution in [0, 0.1) is 52.3 Å². The largest absolute Gasteiger partial charge is 0.393 e. The number of aliphatic hydroxyl groups is 2. The van der Waals surface area contributed by atoms with Crippen molar-refractivity contribution >= 4 is 0 Å². The van der Waals surface area contributed by atoms with E-state index in [1.165, 1.54) is 25.7 Å². The first kappa shape index (κ1) is 22.3. The molecule has 6 aliphatic rings. The van der Waals surface area contributed by atoms with Gasteiger partial charge < -0.3 is 19.7 Å². The molecule has 2 aliphatic heterocycles. The number of rotatable bonds is 0. The molecule has 1 spiro atoms. The highest BCUT2D eigenvalue weighted by molar-refractivity contribution is 5.19. The molecule has 0 aromatic carbocycles. The lowest BCUT2D eigenvalue weighted by molar-refractivity contribution is -0.276. The van der Waals surface area contributed by atoms with Crippen LogP contribution in [0.25, 0.3) is 0 Å². The maximum Gasteiger partial charge on any atom is 0.171 e. The highest BCUT2D eigenvalue weighted by Crippen LogP contribution is 2.72. The lowest BCUT2D eigenvalue weighted by Crippen LogP contribution is -2.66. The zero-order chi connectivity index (χ0) is 22.7. The van der Waals surface area contributed by atoms with Gasteiger partial charge in [0.25, 0.3) is 0 Å². The molecule has 4 saturated carbocycles. The van der Waals surface area contributed by atoms with E-state index in [0.717, 1.165) is 32.3 Å². The molecule has 13 atom stereocenters. The molecule has 4 aliphatic carbocycles. The smallest absolute Gasteiger partial charge is 0.171 e. The fourth-order valence-corrected chi connectivity index (χ4v) is 10.7. The van der Waals surface area contributed by atoms with Crippen LogP contribution < -0.4 is 0 Å². The van der Waals surface area contributed by atoms with E-state index < -0.39 is 5.60 Å². The Labute approximate surface area is 194 Å². The van der Waals surface area contributed by atoms with Crippen LogP contribution >= 0.6 is 0 Å². The molecule has 2 saturated heterocycles. The molecular weight excluding hydrogens is 400 g/mol. The van der Waals surface area contributed by atoms with Crippen LogP contribution in [0.15, 0.2) is 0 Å². The summed E-state index contributed by atoms with van der Waals surface area (Å²) in [6, 6.07) is 0. The van der Waals surface area contributed by atoms with Crippen molar-refractivity contribution in [3.63, 3.8) is 0 Å². The molecule has 6 fully saturated rings. The number of hydrogen-bond acceptors (Lipinski definition) is 4. The average Bonchev–Trinajstić information content (AvgIpc) is 3.18. The Morgan fingerprint density at radius 2 is 1.69 bits per heavy atom. The highest BCUT2D eigenvalue weighted by atomic mass is 16.7. The van der Waals surface area contributed by atoms with Crippen LogP contribution in [0.1, 0.15) is 92.4 Å². The second-order valence-electron chi connectivity index (χ2n) is 13.8. The van der Waals surface area contributed by atoms with Gasteiger partial charge in [0, 0.05) is 18.8 Å². The summed E-state index contributed by atoms with van der Waals surface area (Å²) in [6.45, 7) is 12.8. The highest BCUT2D eigenvalue weighted by Gasteiger charge is 2.71. The maximum atomic E-state index is 11.9. The summed E-state index contributed by atoms with van der Waals surface area (Å²) in [5, 5.41) is 22.3. The van der Waals surface area contributed by atoms with Gasteiger partial charge in [-0.1, -0.05) is 34.6 Å². The minimum Gasteiger partial charge on any atom is -0.393 e. The van der Waals surface area contributed by atoms with Crippen LogP contribution in [-0.2, 0) is 9.47 Å². The SMILES string of the molecule is C[C@@H]1CC[C@@]2(OC1)O[C@H]1C[C@H]3[C@@H]4C[C@@H](C)[C@@]5(O)C[C@@H](O)CC[C@]5(C)[C@H]4CC[C@]3(C)[C@H]1[C@@H]2C. The Morgan fingerprint density at radius 3 is 2.41 bits per heavy atom. The molecule has 4 heteroatoms. The van der Waals surface area contributed by atoms with Crippen molar-refractivity contribution in [3.8, 4) is 0 Å². The van der Waals surface area contributed by atoms with E-state index in [2.05, 4.69) is 34.6 Å². The van der Waals surface area contributed by atoms with Gasteiger partial charge in [-0.2, -0.15) is 0 Å². The predicted molar refractivity (Wildman–Crippen MR) is 124 cm³/mol. The third-order valence-electron chi connectivity index (χ3n) is 12.5. The Hall–Kier alpha value is -0.160. The van der Waals surface area contributed by atoms with Gasteiger partial charge in [-0.25, -0.2) is 0 Å². The first-order valence-electron chi connectivity index (χ1n) is 13.8. The zero-order valence-corrected chi connectivity index (χ0v) is 21.0. The Balaban J connectivity index is 1.30. The summed E-state index contributed by atoms with van der Waals surface area (Å²) in [6.07, 6.45) is 9.42. The molecule has 0 amide bonds. The molecule has 2 heterocycles. The van der Waals surface area contributed by atoms with Crippen molar-refractivity contribution in [3.05, 3.63) is 0 Å². The van der Waals surface area contributed by atoms with Gasteiger partial charge in [-0.15, -0.1) is 0 Å². The summed E-state index contributed by atoms with van der Waals surface area (Å²) in [5.41, 5.74) is -0.459. The first-order valence-corrected chi connectivity index (χ1v) is 13.8. The van der Waals surface area contributed by atoms with E-state index in [4.69, 9.17) is 9.47 Å². The van der Waals surface area contributed by atoms with Crippen molar-refractivity contribution in [2.24, 2.45) is 52.3 Å². The Kier molecular flexibility index (Phi) is 4.85. The monoisotopic (exact) mass is 446 g/mol. The summed E-state index contributed by atoms with van der Waals surface area (Å²) >= 11 is 0. The van der Waals surface area contributed by atoms with Gasteiger partial charge in [0.15, 0.2) is 5.79 Å². The third-order valence-corrected chi connectivity index (χ3v) is 12.5. The molecule has 6 rings (SSSR count). The third kappa shape index (κ3) is 2.65. The fraction of sp³-hybridized carbons (Fsp3) is 1.00. The Morgan fingerprint density at radius 1 is 0.906 bits per heavy atom. The van der Waals surface area contributed by atoms with Crippen LogP contribution in [0.2, 0.25) is 0 Å². The van der Waals surface area contributed by atoms with E-state index in [0.29, 0.717) is 53.4 Å². The van der Waals surface area contributed by atoms with Gasteiger partial charge in [-0.3, -0.25) is 0 Å². The van der Waals surface area contributed by atoms with Crippen LogP contribution in [0.3, 0.4) is 0 Å². The minimum absolute atomic E-state index is 0.0656. The number of hydrogen-bond donors (Lipinski definition) is 2. The molecular formula is C28H46O4. The summed E-state index contributed by atoms with van der Waals surface area (Å²) in [4.78, 5) is 0.